The van der Waals surface area contributed by atoms with Crippen molar-refractivity contribution in [1.29, 1.82) is 0 Å². The maximum atomic E-state index is 11.4. The number of thiocarbonyl (C=S) groups is 1. The zero-order valence-corrected chi connectivity index (χ0v) is 10.0. The Kier molecular flexibility index (Phi) is 3.21. The molecule has 17 heavy (non-hydrogen) atoms. The first-order valence-corrected chi connectivity index (χ1v) is 5.80. The van der Waals surface area contributed by atoms with Crippen LogP contribution in [0.4, 0.5) is 5.69 Å². The molecular formula is C10H7N2O3S2+. The molecule has 2 rings (SSSR count). The van der Waals surface area contributed by atoms with E-state index < -0.39 is 0 Å². The Morgan fingerprint density at radius 2 is 2.00 bits per heavy atom. The standard InChI is InChI=1S/C10H6N2O3S2/c13-9-8(17-10(16)11-9)5-6-1-3-7(4-2-6)12(14)15/h1-5H,(H-,11,13,14,15,16)/p+1/b8-5-. The normalized spacial score (nSPS) is 17.3. The van der Waals surface area contributed by atoms with Crippen LogP contribution in [-0.2, 0) is 4.79 Å². The Hall–Kier alpha value is -1.73. The largest absolute Gasteiger partial charge is 0.316 e. The molecule has 1 aromatic carbocycles. The number of hydrogen-bond acceptors (Lipinski definition) is 4. The van der Waals surface area contributed by atoms with Gasteiger partial charge in [-0.25, -0.2) is 5.21 Å². The zero-order valence-electron chi connectivity index (χ0n) is 8.41. The molecule has 0 unspecified atom stereocenters. The minimum absolute atomic E-state index is 0.131. The van der Waals surface area contributed by atoms with Gasteiger partial charge < -0.3 is 5.32 Å². The summed E-state index contributed by atoms with van der Waals surface area (Å²) in [7, 11) is 0. The highest BCUT2D eigenvalue weighted by Crippen LogP contribution is 2.26. The maximum absolute atomic E-state index is 11.4. The van der Waals surface area contributed by atoms with Crippen molar-refractivity contribution in [3.05, 3.63) is 39.6 Å². The van der Waals surface area contributed by atoms with Gasteiger partial charge in [0.15, 0.2) is 0 Å². The van der Waals surface area contributed by atoms with Crippen molar-refractivity contribution in [2.45, 2.75) is 0 Å². The van der Waals surface area contributed by atoms with Crippen molar-refractivity contribution in [3.63, 3.8) is 0 Å². The van der Waals surface area contributed by atoms with Crippen LogP contribution in [0.25, 0.3) is 6.08 Å². The lowest BCUT2D eigenvalue weighted by atomic mass is 10.2. The monoisotopic (exact) mass is 267 g/mol. The summed E-state index contributed by atoms with van der Waals surface area (Å²) in [4.78, 5) is 22.2. The van der Waals surface area contributed by atoms with Crippen LogP contribution in [0.3, 0.4) is 0 Å². The topological polar surface area (TPSA) is 69.4 Å². The molecule has 0 aliphatic carbocycles. The molecule has 1 amide bonds. The minimum atomic E-state index is -0.225. The lowest BCUT2D eigenvalue weighted by Gasteiger charge is -1.93. The summed E-state index contributed by atoms with van der Waals surface area (Å²) in [6.07, 6.45) is 1.66. The summed E-state index contributed by atoms with van der Waals surface area (Å²) in [6.45, 7) is 0. The van der Waals surface area contributed by atoms with Gasteiger partial charge in [0.25, 0.3) is 10.8 Å². The van der Waals surface area contributed by atoms with Crippen molar-refractivity contribution < 1.29 is 14.9 Å². The van der Waals surface area contributed by atoms with Crippen molar-refractivity contribution in [2.75, 3.05) is 0 Å². The third kappa shape index (κ3) is 2.69. The molecule has 7 heteroatoms. The number of nitrogens with zero attached hydrogens (tertiary/aromatic N) is 1. The Bertz CT molecular complexity index is 537. The molecule has 1 heterocycles. The van der Waals surface area contributed by atoms with Gasteiger partial charge in [0.05, 0.1) is 9.81 Å². The Balaban J connectivity index is 2.24. The molecule has 5 nitrogen and oxygen atoms in total. The first-order chi connectivity index (χ1) is 8.06. The van der Waals surface area contributed by atoms with Gasteiger partial charge in [-0.2, -0.15) is 0 Å². The molecule has 0 saturated carbocycles. The second-order valence-corrected chi connectivity index (χ2v) is 4.94. The van der Waals surface area contributed by atoms with Crippen LogP contribution < -0.4 is 5.32 Å². The highest BCUT2D eigenvalue weighted by molar-refractivity contribution is 8.26. The molecule has 1 saturated heterocycles. The fraction of sp³-hybridized carbons (Fsp3) is 0. The number of nitrogens with one attached hydrogen (secondary N) is 1. The summed E-state index contributed by atoms with van der Waals surface area (Å²) >= 11 is 6.04. The minimum Gasteiger partial charge on any atom is -0.307 e. The zero-order chi connectivity index (χ0) is 12.4. The van der Waals surface area contributed by atoms with Crippen LogP contribution in [0, 0.1) is 4.91 Å². The molecule has 2 N–H and O–H groups in total. The molecule has 1 fully saturated rings. The van der Waals surface area contributed by atoms with Gasteiger partial charge in [-0.05, 0) is 23.8 Å². The molecule has 0 spiro atoms. The van der Waals surface area contributed by atoms with Crippen LogP contribution in [0.15, 0.2) is 29.2 Å². The van der Waals surface area contributed by atoms with E-state index in [1.165, 1.54) is 23.9 Å². The molecule has 0 atom stereocenters. The third-order valence-electron chi connectivity index (χ3n) is 2.05. The number of benzene rings is 1. The van der Waals surface area contributed by atoms with Gasteiger partial charge in [-0.15, -0.1) is 0 Å². The summed E-state index contributed by atoms with van der Waals surface area (Å²) in [6, 6.07) is 6.15. The van der Waals surface area contributed by atoms with E-state index in [0.717, 1.165) is 5.56 Å². The highest BCUT2D eigenvalue weighted by Gasteiger charge is 2.22. The summed E-state index contributed by atoms with van der Waals surface area (Å²) in [5, 5.41) is 11.2. The van der Waals surface area contributed by atoms with Crippen molar-refractivity contribution in [1.82, 2.24) is 5.32 Å². The number of hydrogen-bond donors (Lipinski definition) is 2. The number of thioether (sulfide) groups is 1. The molecule has 0 bridgehead atoms. The predicted molar refractivity (Wildman–Crippen MR) is 67.8 cm³/mol. The molecule has 86 valence electrons. The Morgan fingerprint density at radius 3 is 2.47 bits per heavy atom. The Morgan fingerprint density at radius 1 is 1.35 bits per heavy atom. The molecule has 1 aliphatic heterocycles. The number of carbonyl (C=O) groups excluding carboxylic acids is 1. The van der Waals surface area contributed by atoms with E-state index in [1.54, 1.807) is 18.2 Å². The molecule has 1 aliphatic rings. The van der Waals surface area contributed by atoms with Crippen LogP contribution in [0.2, 0.25) is 0 Å². The van der Waals surface area contributed by atoms with Crippen molar-refractivity contribution in [2.24, 2.45) is 0 Å². The van der Waals surface area contributed by atoms with Gasteiger partial charge in [0, 0.05) is 12.1 Å². The highest BCUT2D eigenvalue weighted by atomic mass is 32.2. The van der Waals surface area contributed by atoms with Crippen LogP contribution >= 0.6 is 24.0 Å². The maximum Gasteiger partial charge on any atom is 0.316 e. The van der Waals surface area contributed by atoms with Crippen molar-refractivity contribution in [3.8, 4) is 0 Å². The lowest BCUT2D eigenvalue weighted by Crippen LogP contribution is -2.17. The second-order valence-electron chi connectivity index (χ2n) is 3.22. The first-order valence-electron chi connectivity index (χ1n) is 4.57. The summed E-state index contributed by atoms with van der Waals surface area (Å²) in [5.74, 6) is -0.225. The fourth-order valence-corrected chi connectivity index (χ4v) is 2.31. The first kappa shape index (κ1) is 11.7. The average molecular weight is 267 g/mol. The van der Waals surface area contributed by atoms with Crippen LogP contribution in [-0.4, -0.2) is 20.4 Å². The van der Waals surface area contributed by atoms with Gasteiger partial charge in [-0.3, -0.25) is 4.79 Å². The van der Waals surface area contributed by atoms with Crippen LogP contribution in [0.5, 0.6) is 0 Å². The average Bonchev–Trinajstić information content (AvgIpc) is 2.58. The van der Waals surface area contributed by atoms with Gasteiger partial charge in [0.2, 0.25) is 0 Å². The fourth-order valence-electron chi connectivity index (χ4n) is 1.27. The molecule has 1 aromatic rings. The predicted octanol–water partition coefficient (Wildman–Crippen LogP) is 1.97. The van der Waals surface area contributed by atoms with E-state index in [9.17, 15) is 9.70 Å². The van der Waals surface area contributed by atoms with E-state index in [1.807, 2.05) is 0 Å². The number of rotatable bonds is 2. The Labute approximate surface area is 106 Å². The quantitative estimate of drug-likeness (QED) is 0.487. The van der Waals surface area contributed by atoms with Gasteiger partial charge in [0.1, 0.15) is 4.32 Å². The van der Waals surface area contributed by atoms with E-state index >= 15 is 0 Å². The summed E-state index contributed by atoms with van der Waals surface area (Å²) in [5.41, 5.74) is 0.879. The van der Waals surface area contributed by atoms with E-state index in [4.69, 9.17) is 17.4 Å². The third-order valence-corrected chi connectivity index (χ3v) is 3.22. The van der Waals surface area contributed by atoms with E-state index in [2.05, 4.69) is 5.32 Å². The van der Waals surface area contributed by atoms with Crippen LogP contribution in [0.1, 0.15) is 5.56 Å². The molecule has 0 radical (unpaired) electrons. The molecule has 0 aromatic heterocycles. The summed E-state index contributed by atoms with van der Waals surface area (Å²) < 4.78 is 0.430. The van der Waals surface area contributed by atoms with Crippen molar-refractivity contribution >= 4 is 46.0 Å². The number of carbonyl (C=O) groups is 1. The van der Waals surface area contributed by atoms with E-state index in [-0.39, 0.29) is 16.5 Å². The number of amides is 1. The smallest absolute Gasteiger partial charge is 0.307 e. The lowest BCUT2D eigenvalue weighted by molar-refractivity contribution is -0.729. The van der Waals surface area contributed by atoms with Gasteiger partial charge in [-0.1, -0.05) is 24.0 Å². The second kappa shape index (κ2) is 4.64. The van der Waals surface area contributed by atoms with E-state index in [0.29, 0.717) is 9.23 Å². The van der Waals surface area contributed by atoms with Gasteiger partial charge >= 0.3 is 5.69 Å². The SMILES string of the molecule is O=C1NC(=S)S/C1=C\c1ccc([N+](=O)O)cc1. The molecular weight excluding hydrogens is 260 g/mol.